The number of rotatable bonds is 5. The standard InChI is InChI=1S/C16H30N4/c1-5-6-12-7-9-13(10-8-12)18-16-14(17)15(11(2)3)19-20(16)4/h11-13,18H,5-10,17H2,1-4H3. The van der Waals surface area contributed by atoms with E-state index in [1.165, 1.54) is 38.5 Å². The molecule has 2 rings (SSSR count). The van der Waals surface area contributed by atoms with Crippen LogP contribution in [0, 0.1) is 5.92 Å². The molecule has 4 heteroatoms. The number of nitrogens with zero attached hydrogens (tertiary/aromatic N) is 2. The lowest BCUT2D eigenvalue weighted by molar-refractivity contribution is 0.318. The number of nitrogens with one attached hydrogen (secondary N) is 1. The van der Waals surface area contributed by atoms with Crippen molar-refractivity contribution in [3.8, 4) is 0 Å². The third-order valence-electron chi connectivity index (χ3n) is 4.54. The number of hydrogen-bond acceptors (Lipinski definition) is 3. The molecule has 4 nitrogen and oxygen atoms in total. The van der Waals surface area contributed by atoms with E-state index in [9.17, 15) is 0 Å². The van der Waals surface area contributed by atoms with Gasteiger partial charge < -0.3 is 11.1 Å². The zero-order valence-electron chi connectivity index (χ0n) is 13.4. The number of hydrogen-bond donors (Lipinski definition) is 2. The zero-order valence-corrected chi connectivity index (χ0v) is 13.4. The van der Waals surface area contributed by atoms with Crippen LogP contribution in [-0.2, 0) is 7.05 Å². The number of aromatic nitrogens is 2. The predicted octanol–water partition coefficient (Wildman–Crippen LogP) is 3.90. The third kappa shape index (κ3) is 3.28. The van der Waals surface area contributed by atoms with Gasteiger partial charge in [0.1, 0.15) is 5.82 Å². The SMILES string of the molecule is CCCC1CCC(Nc2c(N)c(C(C)C)nn2C)CC1. The average Bonchev–Trinajstić information content (AvgIpc) is 2.69. The van der Waals surface area contributed by atoms with Gasteiger partial charge >= 0.3 is 0 Å². The van der Waals surface area contributed by atoms with Gasteiger partial charge in [-0.25, -0.2) is 0 Å². The summed E-state index contributed by atoms with van der Waals surface area (Å²) in [5.41, 5.74) is 8.09. The Morgan fingerprint density at radius 1 is 1.30 bits per heavy atom. The van der Waals surface area contributed by atoms with Gasteiger partial charge in [0, 0.05) is 13.1 Å². The van der Waals surface area contributed by atoms with E-state index in [0.717, 1.165) is 23.1 Å². The minimum Gasteiger partial charge on any atom is -0.394 e. The van der Waals surface area contributed by atoms with E-state index in [2.05, 4.69) is 31.2 Å². The van der Waals surface area contributed by atoms with Crippen molar-refractivity contribution in [2.75, 3.05) is 11.1 Å². The quantitative estimate of drug-likeness (QED) is 0.859. The fourth-order valence-corrected chi connectivity index (χ4v) is 3.36. The highest BCUT2D eigenvalue weighted by atomic mass is 15.3. The van der Waals surface area contributed by atoms with Gasteiger partial charge in [0.2, 0.25) is 0 Å². The van der Waals surface area contributed by atoms with Crippen molar-refractivity contribution < 1.29 is 0 Å². The van der Waals surface area contributed by atoms with Gasteiger partial charge in [0.25, 0.3) is 0 Å². The second-order valence-corrected chi connectivity index (χ2v) is 6.58. The Morgan fingerprint density at radius 3 is 2.45 bits per heavy atom. The fraction of sp³-hybridized carbons (Fsp3) is 0.812. The van der Waals surface area contributed by atoms with Crippen LogP contribution in [0.3, 0.4) is 0 Å². The summed E-state index contributed by atoms with van der Waals surface area (Å²) in [5, 5.41) is 8.18. The molecule has 1 aliphatic rings. The molecule has 0 aromatic carbocycles. The molecule has 0 radical (unpaired) electrons. The van der Waals surface area contributed by atoms with Crippen LogP contribution in [0.2, 0.25) is 0 Å². The molecule has 1 saturated carbocycles. The van der Waals surface area contributed by atoms with Crippen LogP contribution in [0.5, 0.6) is 0 Å². The molecule has 20 heavy (non-hydrogen) atoms. The predicted molar refractivity (Wildman–Crippen MR) is 86.0 cm³/mol. The topological polar surface area (TPSA) is 55.9 Å². The highest BCUT2D eigenvalue weighted by molar-refractivity contribution is 5.66. The summed E-state index contributed by atoms with van der Waals surface area (Å²) in [5.74, 6) is 2.32. The van der Waals surface area contributed by atoms with Crippen molar-refractivity contribution in [3.63, 3.8) is 0 Å². The molecule has 0 saturated heterocycles. The molecule has 1 fully saturated rings. The molecule has 1 aromatic heterocycles. The van der Waals surface area contributed by atoms with Crippen molar-refractivity contribution in [2.45, 2.75) is 71.3 Å². The van der Waals surface area contributed by atoms with Gasteiger partial charge in [0.05, 0.1) is 11.4 Å². The lowest BCUT2D eigenvalue weighted by Crippen LogP contribution is -2.27. The normalized spacial score (nSPS) is 23.2. The molecule has 1 heterocycles. The summed E-state index contributed by atoms with van der Waals surface area (Å²) < 4.78 is 1.91. The summed E-state index contributed by atoms with van der Waals surface area (Å²) in [6, 6.07) is 0.556. The van der Waals surface area contributed by atoms with Crippen molar-refractivity contribution in [3.05, 3.63) is 5.69 Å². The van der Waals surface area contributed by atoms with Gasteiger partial charge in [0.15, 0.2) is 0 Å². The highest BCUT2D eigenvalue weighted by Gasteiger charge is 2.23. The van der Waals surface area contributed by atoms with Gasteiger partial charge in [-0.3, -0.25) is 4.68 Å². The van der Waals surface area contributed by atoms with Crippen molar-refractivity contribution in [1.29, 1.82) is 0 Å². The van der Waals surface area contributed by atoms with E-state index in [1.807, 2.05) is 11.7 Å². The molecule has 0 aliphatic heterocycles. The Labute approximate surface area is 123 Å². The number of anilines is 2. The van der Waals surface area contributed by atoms with Gasteiger partial charge in [-0.05, 0) is 37.5 Å². The summed E-state index contributed by atoms with van der Waals surface area (Å²) in [7, 11) is 1.98. The van der Waals surface area contributed by atoms with Crippen molar-refractivity contribution >= 4 is 11.5 Å². The van der Waals surface area contributed by atoms with E-state index >= 15 is 0 Å². The first-order chi connectivity index (χ1) is 9.52. The van der Waals surface area contributed by atoms with E-state index in [-0.39, 0.29) is 0 Å². The van der Waals surface area contributed by atoms with Crippen LogP contribution >= 0.6 is 0 Å². The molecular weight excluding hydrogens is 248 g/mol. The largest absolute Gasteiger partial charge is 0.394 e. The Kier molecular flexibility index (Phi) is 4.95. The van der Waals surface area contributed by atoms with E-state index < -0.39 is 0 Å². The molecule has 0 atom stereocenters. The highest BCUT2D eigenvalue weighted by Crippen LogP contribution is 2.32. The summed E-state index contributed by atoms with van der Waals surface area (Å²) in [4.78, 5) is 0. The van der Waals surface area contributed by atoms with Crippen LogP contribution in [0.25, 0.3) is 0 Å². The lowest BCUT2D eigenvalue weighted by Gasteiger charge is -2.29. The molecule has 1 aromatic rings. The van der Waals surface area contributed by atoms with Crippen LogP contribution < -0.4 is 11.1 Å². The van der Waals surface area contributed by atoms with E-state index in [0.29, 0.717) is 12.0 Å². The second-order valence-electron chi connectivity index (χ2n) is 6.58. The van der Waals surface area contributed by atoms with Crippen molar-refractivity contribution in [2.24, 2.45) is 13.0 Å². The molecule has 0 spiro atoms. The molecule has 3 N–H and O–H groups in total. The minimum absolute atomic E-state index is 0.372. The third-order valence-corrected chi connectivity index (χ3v) is 4.54. The van der Waals surface area contributed by atoms with Gasteiger partial charge in [-0.15, -0.1) is 0 Å². The smallest absolute Gasteiger partial charge is 0.148 e. The van der Waals surface area contributed by atoms with Crippen LogP contribution in [0.15, 0.2) is 0 Å². The van der Waals surface area contributed by atoms with Crippen LogP contribution in [0.1, 0.15) is 70.9 Å². The second kappa shape index (κ2) is 6.51. The zero-order chi connectivity index (χ0) is 14.7. The number of nitrogen functional groups attached to an aromatic ring is 1. The lowest BCUT2D eigenvalue weighted by atomic mass is 9.83. The maximum absolute atomic E-state index is 6.25. The Hall–Kier alpha value is -1.19. The minimum atomic E-state index is 0.372. The summed E-state index contributed by atoms with van der Waals surface area (Å²) >= 11 is 0. The van der Waals surface area contributed by atoms with E-state index in [1.54, 1.807) is 0 Å². The molecule has 0 amide bonds. The van der Waals surface area contributed by atoms with Gasteiger partial charge in [-0.2, -0.15) is 5.10 Å². The number of nitrogens with two attached hydrogens (primary N) is 1. The molecule has 0 unspecified atom stereocenters. The van der Waals surface area contributed by atoms with E-state index in [4.69, 9.17) is 5.73 Å². The molecular formula is C16H30N4. The molecule has 0 bridgehead atoms. The average molecular weight is 278 g/mol. The maximum atomic E-state index is 6.25. The Bertz CT molecular complexity index is 428. The first-order valence-electron chi connectivity index (χ1n) is 8.11. The Morgan fingerprint density at radius 2 is 1.95 bits per heavy atom. The molecule has 1 aliphatic carbocycles. The van der Waals surface area contributed by atoms with Gasteiger partial charge in [-0.1, -0.05) is 33.6 Å². The fourth-order valence-electron chi connectivity index (χ4n) is 3.36. The monoisotopic (exact) mass is 278 g/mol. The first kappa shape index (κ1) is 15.2. The van der Waals surface area contributed by atoms with Crippen molar-refractivity contribution in [1.82, 2.24) is 9.78 Å². The Balaban J connectivity index is 1.98. The van der Waals surface area contributed by atoms with Crippen LogP contribution in [0.4, 0.5) is 11.5 Å². The summed E-state index contributed by atoms with van der Waals surface area (Å²) in [6.45, 7) is 6.56. The first-order valence-corrected chi connectivity index (χ1v) is 8.11. The molecule has 114 valence electrons. The van der Waals surface area contributed by atoms with Crippen LogP contribution in [-0.4, -0.2) is 15.8 Å². The number of aryl methyl sites for hydroxylation is 1. The summed E-state index contributed by atoms with van der Waals surface area (Å²) in [6.07, 6.45) is 7.91. The maximum Gasteiger partial charge on any atom is 0.148 e.